The van der Waals surface area contributed by atoms with Gasteiger partial charge < -0.3 is 5.32 Å². The monoisotopic (exact) mass is 431 g/mol. The molecule has 1 aromatic carbocycles. The van der Waals surface area contributed by atoms with Crippen LogP contribution in [-0.4, -0.2) is 26.1 Å². The molecule has 0 saturated heterocycles. The Bertz CT molecular complexity index is 1200. The van der Waals surface area contributed by atoms with Gasteiger partial charge in [0.1, 0.15) is 6.33 Å². The molecule has 0 saturated carbocycles. The fourth-order valence-electron chi connectivity index (χ4n) is 4.29. The molecular formula is C24H25N5OS. The molecule has 7 heteroatoms. The molecule has 0 bridgehead atoms. The number of nitrogens with one attached hydrogen (secondary N) is 2. The molecule has 0 spiro atoms. The van der Waals surface area contributed by atoms with E-state index in [2.05, 4.69) is 69.7 Å². The van der Waals surface area contributed by atoms with E-state index in [1.807, 2.05) is 0 Å². The van der Waals surface area contributed by atoms with Crippen molar-refractivity contribution < 1.29 is 4.79 Å². The van der Waals surface area contributed by atoms with Gasteiger partial charge in [-0.25, -0.2) is 9.97 Å². The molecular weight excluding hydrogens is 406 g/mol. The molecule has 1 unspecified atom stereocenters. The summed E-state index contributed by atoms with van der Waals surface area (Å²) in [5.41, 5.74) is 5.02. The van der Waals surface area contributed by atoms with Crippen molar-refractivity contribution in [1.82, 2.24) is 25.5 Å². The average molecular weight is 432 g/mol. The molecule has 4 aromatic rings. The number of carbonyl (C=O) groups excluding carboxylic acids is 1. The number of rotatable bonds is 5. The number of H-pyrrole nitrogens is 1. The Morgan fingerprint density at radius 3 is 2.71 bits per heavy atom. The van der Waals surface area contributed by atoms with E-state index in [9.17, 15) is 4.79 Å². The van der Waals surface area contributed by atoms with Crippen molar-refractivity contribution in [2.75, 3.05) is 0 Å². The van der Waals surface area contributed by atoms with Gasteiger partial charge in [-0.15, -0.1) is 11.3 Å². The summed E-state index contributed by atoms with van der Waals surface area (Å²) in [6.07, 6.45) is 7.95. The normalized spacial score (nSPS) is 14.5. The summed E-state index contributed by atoms with van der Waals surface area (Å²) in [6, 6.07) is 10.3. The molecule has 2 N–H and O–H groups in total. The second-order valence-electron chi connectivity index (χ2n) is 8.44. The summed E-state index contributed by atoms with van der Waals surface area (Å²) in [5.74, 6) is 0.294. The van der Waals surface area contributed by atoms with Gasteiger partial charge >= 0.3 is 0 Å². The Kier molecular flexibility index (Phi) is 5.28. The molecule has 1 amide bonds. The fraction of sp³-hybridized carbons (Fsp3) is 0.333. The zero-order valence-electron chi connectivity index (χ0n) is 17.7. The third kappa shape index (κ3) is 3.85. The quantitative estimate of drug-likeness (QED) is 0.461. The lowest BCUT2D eigenvalue weighted by Crippen LogP contribution is -2.31. The molecule has 158 valence electrons. The molecule has 1 aliphatic carbocycles. The number of benzene rings is 1. The van der Waals surface area contributed by atoms with Gasteiger partial charge in [0.05, 0.1) is 28.2 Å². The number of amides is 1. The van der Waals surface area contributed by atoms with Crippen LogP contribution >= 0.6 is 11.3 Å². The minimum Gasteiger partial charge on any atom is -0.344 e. The summed E-state index contributed by atoms with van der Waals surface area (Å²) in [5, 5.41) is 11.1. The summed E-state index contributed by atoms with van der Waals surface area (Å²) >= 11 is 1.66. The van der Waals surface area contributed by atoms with Crippen LogP contribution < -0.4 is 5.32 Å². The predicted octanol–water partition coefficient (Wildman–Crippen LogP) is 5.09. The number of aryl methyl sites for hydroxylation is 2. The van der Waals surface area contributed by atoms with Gasteiger partial charge in [-0.2, -0.15) is 5.10 Å². The lowest BCUT2D eigenvalue weighted by atomic mass is 9.94. The van der Waals surface area contributed by atoms with Crippen LogP contribution in [-0.2, 0) is 12.8 Å². The smallest absolute Gasteiger partial charge is 0.261 e. The third-order valence-corrected chi connectivity index (χ3v) is 7.20. The number of thiophene rings is 1. The van der Waals surface area contributed by atoms with Crippen LogP contribution in [0.15, 0.2) is 42.9 Å². The van der Waals surface area contributed by atoms with Gasteiger partial charge in [0.25, 0.3) is 5.91 Å². The highest BCUT2D eigenvalue weighted by atomic mass is 32.1. The molecule has 3 aromatic heterocycles. The van der Waals surface area contributed by atoms with E-state index in [4.69, 9.17) is 0 Å². The van der Waals surface area contributed by atoms with Gasteiger partial charge in [0.15, 0.2) is 5.65 Å². The fourth-order valence-corrected chi connectivity index (χ4v) is 5.45. The third-order valence-electron chi connectivity index (χ3n) is 5.96. The molecule has 3 heterocycles. The molecule has 1 atom stereocenters. The van der Waals surface area contributed by atoms with E-state index >= 15 is 0 Å². The first kappa shape index (κ1) is 19.9. The number of fused-ring (bicyclic) bond motifs is 2. The summed E-state index contributed by atoms with van der Waals surface area (Å²) < 4.78 is 0. The maximum atomic E-state index is 13.0. The van der Waals surface area contributed by atoms with Gasteiger partial charge in [0.2, 0.25) is 0 Å². The minimum absolute atomic E-state index is 0.0260. The number of aromatic nitrogens is 4. The Labute approximate surface area is 185 Å². The van der Waals surface area contributed by atoms with Crippen molar-refractivity contribution in [3.05, 3.63) is 63.7 Å². The number of nitrogens with zero attached hydrogens (tertiary/aromatic N) is 3. The largest absolute Gasteiger partial charge is 0.344 e. The SMILES string of the molecule is CC(C)C(NC(=O)c1cc2c(s1)CCCC2)c1ccc(-c2ncnc3[nH]ncc23)cc1. The molecule has 5 rings (SSSR count). The molecule has 31 heavy (non-hydrogen) atoms. The minimum atomic E-state index is -0.0555. The van der Waals surface area contributed by atoms with E-state index in [0.717, 1.165) is 45.6 Å². The van der Waals surface area contributed by atoms with Gasteiger partial charge in [-0.05, 0) is 48.8 Å². The number of carbonyl (C=O) groups is 1. The lowest BCUT2D eigenvalue weighted by Gasteiger charge is -2.23. The zero-order chi connectivity index (χ0) is 21.4. The Balaban J connectivity index is 1.38. The maximum Gasteiger partial charge on any atom is 0.261 e. The predicted molar refractivity (Wildman–Crippen MR) is 123 cm³/mol. The van der Waals surface area contributed by atoms with Crippen LogP contribution in [0.2, 0.25) is 0 Å². The van der Waals surface area contributed by atoms with Crippen molar-refractivity contribution in [2.24, 2.45) is 5.92 Å². The first-order valence-electron chi connectivity index (χ1n) is 10.8. The summed E-state index contributed by atoms with van der Waals surface area (Å²) in [7, 11) is 0. The van der Waals surface area contributed by atoms with Crippen molar-refractivity contribution in [3.63, 3.8) is 0 Å². The number of hydrogen-bond donors (Lipinski definition) is 2. The van der Waals surface area contributed by atoms with Crippen LogP contribution in [0.3, 0.4) is 0 Å². The molecule has 1 aliphatic rings. The summed E-state index contributed by atoms with van der Waals surface area (Å²) in [6.45, 7) is 4.27. The highest BCUT2D eigenvalue weighted by molar-refractivity contribution is 7.14. The van der Waals surface area contributed by atoms with Crippen molar-refractivity contribution >= 4 is 28.3 Å². The van der Waals surface area contributed by atoms with E-state index in [0.29, 0.717) is 0 Å². The van der Waals surface area contributed by atoms with E-state index < -0.39 is 0 Å². The second kappa shape index (κ2) is 8.23. The van der Waals surface area contributed by atoms with Gasteiger partial charge in [0, 0.05) is 10.4 Å². The van der Waals surface area contributed by atoms with Crippen LogP contribution in [0.5, 0.6) is 0 Å². The Morgan fingerprint density at radius 2 is 1.94 bits per heavy atom. The van der Waals surface area contributed by atoms with Crippen molar-refractivity contribution in [1.29, 1.82) is 0 Å². The van der Waals surface area contributed by atoms with Gasteiger partial charge in [-0.3, -0.25) is 9.89 Å². The van der Waals surface area contributed by atoms with Crippen LogP contribution in [0.1, 0.15) is 58.4 Å². The first-order chi connectivity index (χ1) is 15.1. The molecule has 6 nitrogen and oxygen atoms in total. The highest BCUT2D eigenvalue weighted by Gasteiger charge is 2.22. The van der Waals surface area contributed by atoms with Gasteiger partial charge in [-0.1, -0.05) is 38.1 Å². The van der Waals surface area contributed by atoms with E-state index in [1.54, 1.807) is 23.9 Å². The first-order valence-corrected chi connectivity index (χ1v) is 11.6. The molecule has 0 fully saturated rings. The summed E-state index contributed by atoms with van der Waals surface area (Å²) in [4.78, 5) is 23.9. The lowest BCUT2D eigenvalue weighted by molar-refractivity contribution is 0.0929. The maximum absolute atomic E-state index is 13.0. The standard InChI is InChI=1S/C24H25N5OS/c1-14(2)21(28-24(30)20-11-17-5-3-4-6-19(17)31-20)15-7-9-16(10-8-15)22-18-12-27-29-23(18)26-13-25-22/h7-14,21H,3-6H2,1-2H3,(H,28,30)(H,25,26,27,29). The molecule has 0 radical (unpaired) electrons. The van der Waals surface area contributed by atoms with Crippen LogP contribution in [0, 0.1) is 5.92 Å². The number of hydrogen-bond acceptors (Lipinski definition) is 5. The average Bonchev–Trinajstić information content (AvgIpc) is 3.44. The van der Waals surface area contributed by atoms with Crippen LogP contribution in [0.25, 0.3) is 22.3 Å². The van der Waals surface area contributed by atoms with E-state index in [1.165, 1.54) is 23.3 Å². The molecule has 0 aliphatic heterocycles. The Morgan fingerprint density at radius 1 is 1.13 bits per heavy atom. The zero-order valence-corrected chi connectivity index (χ0v) is 18.5. The van der Waals surface area contributed by atoms with Crippen molar-refractivity contribution in [2.45, 2.75) is 45.6 Å². The second-order valence-corrected chi connectivity index (χ2v) is 9.57. The van der Waals surface area contributed by atoms with Crippen molar-refractivity contribution in [3.8, 4) is 11.3 Å². The topological polar surface area (TPSA) is 83.6 Å². The van der Waals surface area contributed by atoms with Crippen LogP contribution in [0.4, 0.5) is 0 Å². The number of aromatic amines is 1. The van der Waals surface area contributed by atoms with E-state index in [-0.39, 0.29) is 17.9 Å². The highest BCUT2D eigenvalue weighted by Crippen LogP contribution is 2.31. The Hall–Kier alpha value is -3.06.